The molecular formula is C14H20N2O3S. The fraction of sp³-hybridized carbons (Fsp3) is 0.500. The molecule has 0 aliphatic rings. The Morgan fingerprint density at radius 2 is 2.10 bits per heavy atom. The number of aromatic nitrogens is 1. The van der Waals surface area contributed by atoms with E-state index in [0.717, 1.165) is 0 Å². The number of alkyl carbamates (subject to hydrolysis) is 1. The molecule has 0 radical (unpaired) electrons. The Kier molecular flexibility index (Phi) is 5.88. The molecule has 20 heavy (non-hydrogen) atoms. The highest BCUT2D eigenvalue weighted by Crippen LogP contribution is 2.07. The minimum absolute atomic E-state index is 0.0298. The van der Waals surface area contributed by atoms with Crippen molar-refractivity contribution >= 4 is 24.1 Å². The summed E-state index contributed by atoms with van der Waals surface area (Å²) in [5.74, 6) is -0.0298. The summed E-state index contributed by atoms with van der Waals surface area (Å²) in [5, 5.41) is 2.61. The molecule has 0 atom stereocenters. The zero-order chi connectivity index (χ0) is 15.2. The maximum absolute atomic E-state index is 11.9. The first-order valence-electron chi connectivity index (χ1n) is 6.47. The normalized spacial score (nSPS) is 10.9. The van der Waals surface area contributed by atoms with Crippen LogP contribution in [0.5, 0.6) is 0 Å². The van der Waals surface area contributed by atoms with Crippen molar-refractivity contribution in [2.24, 2.45) is 0 Å². The highest BCUT2D eigenvalue weighted by atomic mass is 32.1. The van der Waals surface area contributed by atoms with Crippen LogP contribution in [-0.2, 0) is 4.74 Å². The summed E-state index contributed by atoms with van der Waals surface area (Å²) in [6.07, 6.45) is 2.09. The quantitative estimate of drug-likeness (QED) is 0.497. The van der Waals surface area contributed by atoms with Crippen LogP contribution in [0.2, 0.25) is 0 Å². The average Bonchev–Trinajstić information content (AvgIpc) is 2.33. The molecule has 0 unspecified atom stereocenters. The first kappa shape index (κ1) is 16.4. The van der Waals surface area contributed by atoms with Crippen molar-refractivity contribution in [2.45, 2.75) is 39.2 Å². The van der Waals surface area contributed by atoms with Gasteiger partial charge in [-0.3, -0.25) is 4.79 Å². The molecule has 110 valence electrons. The third kappa shape index (κ3) is 5.97. The van der Waals surface area contributed by atoms with Crippen LogP contribution in [0, 0.1) is 4.64 Å². The van der Waals surface area contributed by atoms with Crippen molar-refractivity contribution in [1.82, 2.24) is 10.3 Å². The number of Topliss-reactive ketones (excluding diaryl/α,β-unsaturated/α-hetero) is 1. The van der Waals surface area contributed by atoms with E-state index in [9.17, 15) is 9.59 Å². The Hall–Kier alpha value is -1.69. The van der Waals surface area contributed by atoms with E-state index >= 15 is 0 Å². The van der Waals surface area contributed by atoms with Crippen molar-refractivity contribution in [3.63, 3.8) is 0 Å². The van der Waals surface area contributed by atoms with Crippen LogP contribution in [0.25, 0.3) is 0 Å². The summed E-state index contributed by atoms with van der Waals surface area (Å²) >= 11 is 5.04. The van der Waals surface area contributed by atoms with Gasteiger partial charge in [-0.25, -0.2) is 4.79 Å². The van der Waals surface area contributed by atoms with Gasteiger partial charge in [-0.2, -0.15) is 0 Å². The van der Waals surface area contributed by atoms with Crippen LogP contribution in [-0.4, -0.2) is 29.0 Å². The number of hydrogen-bond donors (Lipinski definition) is 2. The standard InChI is InChI=1S/C14H20N2O3S/c1-14(2,3)19-13(18)16-9-5-7-11(17)10-6-4-8-15-12(10)20/h4,6,8H,5,7,9H2,1-3H3,(H,15,20)(H,16,18). The fourth-order valence-corrected chi connectivity index (χ4v) is 1.78. The van der Waals surface area contributed by atoms with Gasteiger partial charge in [-0.15, -0.1) is 0 Å². The predicted octanol–water partition coefficient (Wildman–Crippen LogP) is 3.23. The Bertz CT molecular complexity index is 532. The molecule has 1 rings (SSSR count). The zero-order valence-electron chi connectivity index (χ0n) is 12.0. The molecule has 0 saturated carbocycles. The van der Waals surface area contributed by atoms with Gasteiger partial charge < -0.3 is 15.0 Å². The number of ether oxygens (including phenoxy) is 1. The number of nitrogens with one attached hydrogen (secondary N) is 2. The van der Waals surface area contributed by atoms with E-state index < -0.39 is 11.7 Å². The lowest BCUT2D eigenvalue weighted by Gasteiger charge is -2.19. The second-order valence-corrected chi connectivity index (χ2v) is 5.78. The number of rotatable bonds is 5. The molecule has 0 aromatic carbocycles. The van der Waals surface area contributed by atoms with Gasteiger partial charge >= 0.3 is 6.09 Å². The van der Waals surface area contributed by atoms with Gasteiger partial charge in [0, 0.05) is 19.2 Å². The second-order valence-electron chi connectivity index (χ2n) is 5.37. The number of amides is 1. The summed E-state index contributed by atoms with van der Waals surface area (Å²) in [5.41, 5.74) is -0.00319. The maximum atomic E-state index is 11.9. The first-order valence-corrected chi connectivity index (χ1v) is 6.88. The molecule has 0 spiro atoms. The zero-order valence-corrected chi connectivity index (χ0v) is 12.8. The van der Waals surface area contributed by atoms with Crippen LogP contribution < -0.4 is 5.32 Å². The summed E-state index contributed by atoms with van der Waals surface area (Å²) in [7, 11) is 0. The topological polar surface area (TPSA) is 71.2 Å². The Labute approximate surface area is 123 Å². The van der Waals surface area contributed by atoms with E-state index in [1.807, 2.05) is 0 Å². The number of H-pyrrole nitrogens is 1. The molecular weight excluding hydrogens is 276 g/mol. The highest BCUT2D eigenvalue weighted by Gasteiger charge is 2.15. The molecule has 0 aliphatic carbocycles. The third-order valence-corrected chi connectivity index (χ3v) is 2.71. The molecule has 0 saturated heterocycles. The van der Waals surface area contributed by atoms with E-state index in [2.05, 4.69) is 10.3 Å². The Morgan fingerprint density at radius 1 is 1.40 bits per heavy atom. The van der Waals surface area contributed by atoms with Crippen molar-refractivity contribution in [3.05, 3.63) is 28.5 Å². The molecule has 5 nitrogen and oxygen atoms in total. The largest absolute Gasteiger partial charge is 0.444 e. The van der Waals surface area contributed by atoms with Crippen LogP contribution in [0.3, 0.4) is 0 Å². The Balaban J connectivity index is 2.32. The number of carbonyl (C=O) groups excluding carboxylic acids is 2. The molecule has 1 aromatic heterocycles. The van der Waals surface area contributed by atoms with Crippen molar-refractivity contribution in [3.8, 4) is 0 Å². The molecule has 1 amide bonds. The van der Waals surface area contributed by atoms with Gasteiger partial charge in [0.15, 0.2) is 5.78 Å². The van der Waals surface area contributed by atoms with E-state index in [1.54, 1.807) is 39.1 Å². The monoisotopic (exact) mass is 296 g/mol. The summed E-state index contributed by atoms with van der Waals surface area (Å²) < 4.78 is 5.53. The fourth-order valence-electron chi connectivity index (χ4n) is 1.53. The molecule has 1 aromatic rings. The molecule has 0 aliphatic heterocycles. The predicted molar refractivity (Wildman–Crippen MR) is 79.4 cm³/mol. The molecule has 6 heteroatoms. The van der Waals surface area contributed by atoms with Gasteiger partial charge in [0.1, 0.15) is 10.2 Å². The number of pyridine rings is 1. The van der Waals surface area contributed by atoms with E-state index in [-0.39, 0.29) is 5.78 Å². The van der Waals surface area contributed by atoms with Crippen molar-refractivity contribution < 1.29 is 14.3 Å². The van der Waals surface area contributed by atoms with Crippen LogP contribution in [0.4, 0.5) is 4.79 Å². The van der Waals surface area contributed by atoms with Gasteiger partial charge in [-0.05, 0) is 39.3 Å². The van der Waals surface area contributed by atoms with Gasteiger partial charge in [0.05, 0.1) is 5.56 Å². The number of ketones is 1. The summed E-state index contributed by atoms with van der Waals surface area (Å²) in [4.78, 5) is 26.1. The summed E-state index contributed by atoms with van der Waals surface area (Å²) in [6, 6.07) is 3.43. The minimum atomic E-state index is -0.517. The lowest BCUT2D eigenvalue weighted by atomic mass is 10.1. The average molecular weight is 296 g/mol. The van der Waals surface area contributed by atoms with E-state index in [0.29, 0.717) is 29.6 Å². The second kappa shape index (κ2) is 7.19. The molecule has 0 fully saturated rings. The summed E-state index contributed by atoms with van der Waals surface area (Å²) in [6.45, 7) is 5.79. The number of hydrogen-bond acceptors (Lipinski definition) is 4. The van der Waals surface area contributed by atoms with Crippen LogP contribution in [0.1, 0.15) is 44.0 Å². The lowest BCUT2D eigenvalue weighted by Crippen LogP contribution is -2.33. The van der Waals surface area contributed by atoms with E-state index in [4.69, 9.17) is 17.0 Å². The minimum Gasteiger partial charge on any atom is -0.444 e. The SMILES string of the molecule is CC(C)(C)OC(=O)NCCCC(=O)c1ccc[nH]c1=S. The molecule has 0 bridgehead atoms. The Morgan fingerprint density at radius 3 is 2.70 bits per heavy atom. The lowest BCUT2D eigenvalue weighted by molar-refractivity contribution is 0.0525. The van der Waals surface area contributed by atoms with Gasteiger partial charge in [0.2, 0.25) is 0 Å². The van der Waals surface area contributed by atoms with Gasteiger partial charge in [-0.1, -0.05) is 12.2 Å². The first-order chi connectivity index (χ1) is 9.29. The number of aromatic amines is 1. The molecule has 2 N–H and O–H groups in total. The smallest absolute Gasteiger partial charge is 0.407 e. The third-order valence-electron chi connectivity index (χ3n) is 2.37. The van der Waals surface area contributed by atoms with Crippen LogP contribution in [0.15, 0.2) is 18.3 Å². The maximum Gasteiger partial charge on any atom is 0.407 e. The van der Waals surface area contributed by atoms with Crippen molar-refractivity contribution in [1.29, 1.82) is 0 Å². The highest BCUT2D eigenvalue weighted by molar-refractivity contribution is 7.71. The number of carbonyl (C=O) groups is 2. The van der Waals surface area contributed by atoms with E-state index in [1.165, 1.54) is 0 Å². The van der Waals surface area contributed by atoms with Crippen molar-refractivity contribution in [2.75, 3.05) is 6.54 Å². The van der Waals surface area contributed by atoms with Gasteiger partial charge in [0.25, 0.3) is 0 Å². The van der Waals surface area contributed by atoms with Crippen LogP contribution >= 0.6 is 12.2 Å². The molecule has 1 heterocycles.